The number of hydrogen-bond donors (Lipinski definition) is 2. The second-order valence-corrected chi connectivity index (χ2v) is 12.1. The first-order chi connectivity index (χ1) is 21.2. The van der Waals surface area contributed by atoms with Crippen LogP contribution in [0.4, 0.5) is 0 Å². The number of nitrogens with one attached hydrogen (secondary N) is 2. The molecule has 0 bridgehead atoms. The Morgan fingerprint density at radius 3 is 2.18 bits per heavy atom. The molecule has 0 aliphatic heterocycles. The molecule has 4 aromatic rings. The minimum Gasteiger partial charge on any atom is -0.464 e. The lowest BCUT2D eigenvalue weighted by atomic mass is 10.0. The van der Waals surface area contributed by atoms with E-state index < -0.39 is 34.0 Å². The molecule has 0 aliphatic rings. The number of carbonyl (C=O) groups excluding carboxylic acids is 2. The van der Waals surface area contributed by atoms with Crippen LogP contribution in [0.5, 0.6) is 0 Å². The normalized spacial score (nSPS) is 13.0. The summed E-state index contributed by atoms with van der Waals surface area (Å²) in [6.07, 6.45) is -0.00555. The van der Waals surface area contributed by atoms with Crippen molar-refractivity contribution in [3.05, 3.63) is 108 Å². The van der Waals surface area contributed by atoms with Gasteiger partial charge in [0.05, 0.1) is 18.2 Å². The fraction of sp³-hybridized carbons (Fsp3) is 0.324. The van der Waals surface area contributed by atoms with Gasteiger partial charge in [0.15, 0.2) is 5.03 Å². The first-order valence-electron chi connectivity index (χ1n) is 14.9. The Balaban J connectivity index is 1.51. The molecule has 2 N–H and O–H groups in total. The van der Waals surface area contributed by atoms with E-state index in [0.717, 1.165) is 36.1 Å². The molecule has 44 heavy (non-hydrogen) atoms. The van der Waals surface area contributed by atoms with Crippen LogP contribution in [-0.4, -0.2) is 55.9 Å². The van der Waals surface area contributed by atoms with E-state index in [0.29, 0.717) is 11.1 Å². The highest BCUT2D eigenvalue weighted by atomic mass is 32.2. The number of aromatic nitrogens is 1. The molecular formula is C34H40N4O5S. The molecule has 1 heterocycles. The second-order valence-electron chi connectivity index (χ2n) is 10.5. The van der Waals surface area contributed by atoms with Crippen molar-refractivity contribution in [1.29, 1.82) is 0 Å². The number of fused-ring (bicyclic) bond motifs is 1. The first kappa shape index (κ1) is 32.8. The monoisotopic (exact) mass is 616 g/mol. The summed E-state index contributed by atoms with van der Waals surface area (Å²) < 4.78 is 34.8. The van der Waals surface area contributed by atoms with Crippen molar-refractivity contribution < 1.29 is 22.7 Å². The third-order valence-corrected chi connectivity index (χ3v) is 8.78. The lowest BCUT2D eigenvalue weighted by Crippen LogP contribution is -2.44. The van der Waals surface area contributed by atoms with Crippen LogP contribution in [0.3, 0.4) is 0 Å². The van der Waals surface area contributed by atoms with Gasteiger partial charge in [0.25, 0.3) is 10.0 Å². The molecule has 0 spiro atoms. The van der Waals surface area contributed by atoms with Gasteiger partial charge in [-0.1, -0.05) is 86.6 Å². The first-order valence-corrected chi connectivity index (χ1v) is 16.4. The smallest absolute Gasteiger partial charge is 0.328 e. The number of carbonyl (C=O) groups is 2. The largest absolute Gasteiger partial charge is 0.464 e. The summed E-state index contributed by atoms with van der Waals surface area (Å²) in [6.45, 7) is 8.86. The Bertz CT molecular complexity index is 1640. The summed E-state index contributed by atoms with van der Waals surface area (Å²) in [4.78, 5) is 32.9. The van der Waals surface area contributed by atoms with E-state index in [1.807, 2.05) is 42.5 Å². The zero-order chi connectivity index (χ0) is 31.5. The quantitative estimate of drug-likeness (QED) is 0.185. The van der Waals surface area contributed by atoms with E-state index >= 15 is 0 Å². The number of esters is 1. The molecule has 10 heteroatoms. The van der Waals surface area contributed by atoms with Crippen molar-refractivity contribution in [1.82, 2.24) is 19.9 Å². The van der Waals surface area contributed by atoms with Gasteiger partial charge in [-0.05, 0) is 54.9 Å². The van der Waals surface area contributed by atoms with Crippen LogP contribution < -0.4 is 10.0 Å². The average Bonchev–Trinajstić information content (AvgIpc) is 3.04. The second kappa shape index (κ2) is 15.6. The number of ether oxygens (including phenoxy) is 1. The van der Waals surface area contributed by atoms with Crippen LogP contribution in [0.2, 0.25) is 0 Å². The van der Waals surface area contributed by atoms with Gasteiger partial charge in [-0.25, -0.2) is 22.9 Å². The van der Waals surface area contributed by atoms with Crippen LogP contribution in [0, 0.1) is 0 Å². The van der Waals surface area contributed by atoms with Gasteiger partial charge >= 0.3 is 5.97 Å². The molecule has 3 aromatic carbocycles. The van der Waals surface area contributed by atoms with Crippen LogP contribution in [0.25, 0.3) is 10.9 Å². The summed E-state index contributed by atoms with van der Waals surface area (Å²) in [7, 11) is -4.10. The Morgan fingerprint density at radius 2 is 1.50 bits per heavy atom. The van der Waals surface area contributed by atoms with Crippen LogP contribution in [0.15, 0.2) is 96.0 Å². The summed E-state index contributed by atoms with van der Waals surface area (Å²) in [5, 5.41) is 3.46. The van der Waals surface area contributed by atoms with E-state index in [4.69, 9.17) is 4.74 Å². The SMILES string of the molecule is CCOC(=O)C(Cc1ccc(CN(CC)CC)cc1)NC(=O)CC(NS(=O)(=O)c1ccc2ccccc2n1)c1ccccc1. The van der Waals surface area contributed by atoms with Crippen LogP contribution in [-0.2, 0) is 37.3 Å². The highest BCUT2D eigenvalue weighted by Crippen LogP contribution is 2.22. The Kier molecular flexibility index (Phi) is 11.6. The lowest BCUT2D eigenvalue weighted by molar-refractivity contribution is -0.147. The van der Waals surface area contributed by atoms with Crippen molar-refractivity contribution in [3.63, 3.8) is 0 Å². The van der Waals surface area contributed by atoms with Crippen molar-refractivity contribution in [2.45, 2.75) is 57.3 Å². The molecule has 0 saturated carbocycles. The van der Waals surface area contributed by atoms with Crippen molar-refractivity contribution in [2.24, 2.45) is 0 Å². The van der Waals surface area contributed by atoms with E-state index in [2.05, 4.69) is 33.8 Å². The highest BCUT2D eigenvalue weighted by Gasteiger charge is 2.28. The minimum atomic E-state index is -4.10. The molecule has 0 aliphatic carbocycles. The van der Waals surface area contributed by atoms with Gasteiger partial charge in [0, 0.05) is 24.8 Å². The molecule has 2 atom stereocenters. The number of benzene rings is 3. The number of rotatable bonds is 15. The summed E-state index contributed by atoms with van der Waals surface area (Å²) in [5.74, 6) is -1.05. The average molecular weight is 617 g/mol. The molecule has 1 aromatic heterocycles. The fourth-order valence-corrected chi connectivity index (χ4v) is 6.13. The van der Waals surface area contributed by atoms with Crippen LogP contribution >= 0.6 is 0 Å². The topological polar surface area (TPSA) is 118 Å². The molecule has 0 radical (unpaired) electrons. The van der Waals surface area contributed by atoms with E-state index in [1.165, 1.54) is 6.07 Å². The lowest BCUT2D eigenvalue weighted by Gasteiger charge is -2.22. The van der Waals surface area contributed by atoms with Gasteiger partial charge in [-0.3, -0.25) is 9.69 Å². The fourth-order valence-electron chi connectivity index (χ4n) is 4.95. The summed E-state index contributed by atoms with van der Waals surface area (Å²) in [6, 6.07) is 25.3. The number of sulfonamides is 1. The molecule has 0 fully saturated rings. The molecule has 9 nitrogen and oxygen atoms in total. The van der Waals surface area contributed by atoms with Gasteiger partial charge in [-0.2, -0.15) is 0 Å². The van der Waals surface area contributed by atoms with E-state index in [1.54, 1.807) is 49.4 Å². The van der Waals surface area contributed by atoms with Gasteiger partial charge in [-0.15, -0.1) is 0 Å². The third-order valence-electron chi connectivity index (χ3n) is 7.41. The molecular weight excluding hydrogens is 576 g/mol. The minimum absolute atomic E-state index is 0.147. The van der Waals surface area contributed by atoms with Gasteiger partial charge in [0.1, 0.15) is 6.04 Å². The maximum Gasteiger partial charge on any atom is 0.328 e. The van der Waals surface area contributed by atoms with Gasteiger partial charge in [0.2, 0.25) is 5.91 Å². The third kappa shape index (κ3) is 8.95. The number of amides is 1. The van der Waals surface area contributed by atoms with E-state index in [-0.39, 0.29) is 24.5 Å². The Morgan fingerprint density at radius 1 is 0.841 bits per heavy atom. The van der Waals surface area contributed by atoms with E-state index in [9.17, 15) is 18.0 Å². The molecule has 4 rings (SSSR count). The zero-order valence-electron chi connectivity index (χ0n) is 25.4. The predicted octanol–water partition coefficient (Wildman–Crippen LogP) is 4.78. The van der Waals surface area contributed by atoms with Crippen LogP contribution in [0.1, 0.15) is 49.9 Å². The summed E-state index contributed by atoms with van der Waals surface area (Å²) in [5.41, 5.74) is 3.17. The number of hydrogen-bond acceptors (Lipinski definition) is 7. The maximum absolute atomic E-state index is 13.4. The van der Waals surface area contributed by atoms with Gasteiger partial charge < -0.3 is 10.1 Å². The standard InChI is InChI=1S/C34H40N4O5S/c1-4-38(5-2)24-26-18-16-25(17-19-26)22-31(34(40)43-6-3)35-32(39)23-30(27-12-8-7-9-13-27)37-44(41,42)33-21-20-28-14-10-11-15-29(28)36-33/h7-21,30-31,37H,4-6,22-24H2,1-3H3,(H,35,39). The maximum atomic E-state index is 13.4. The number of para-hydroxylation sites is 1. The zero-order valence-corrected chi connectivity index (χ0v) is 26.2. The molecule has 232 valence electrons. The number of pyridine rings is 1. The van der Waals surface area contributed by atoms with Crippen molar-refractivity contribution >= 4 is 32.8 Å². The highest BCUT2D eigenvalue weighted by molar-refractivity contribution is 7.89. The summed E-state index contributed by atoms with van der Waals surface area (Å²) >= 11 is 0. The van der Waals surface area contributed by atoms with Crippen molar-refractivity contribution in [3.8, 4) is 0 Å². The molecule has 0 saturated heterocycles. The predicted molar refractivity (Wildman–Crippen MR) is 171 cm³/mol. The molecule has 2 unspecified atom stereocenters. The Hall–Kier alpha value is -4.12. The number of nitrogens with zero attached hydrogens (tertiary/aromatic N) is 2. The van der Waals surface area contributed by atoms with Crippen molar-refractivity contribution in [2.75, 3.05) is 19.7 Å². The Labute approximate surface area is 259 Å². The molecule has 1 amide bonds.